The summed E-state index contributed by atoms with van der Waals surface area (Å²) in [6.07, 6.45) is 0.649. The van der Waals surface area contributed by atoms with E-state index in [4.69, 9.17) is 14.2 Å². The molecular formula is C23H17BrN2O5. The van der Waals surface area contributed by atoms with Gasteiger partial charge in [-0.2, -0.15) is 5.10 Å². The van der Waals surface area contributed by atoms with Crippen molar-refractivity contribution < 1.29 is 23.8 Å². The van der Waals surface area contributed by atoms with Gasteiger partial charge in [-0.05, 0) is 48.0 Å². The molecule has 0 fully saturated rings. The van der Waals surface area contributed by atoms with Crippen molar-refractivity contribution >= 4 is 34.0 Å². The van der Waals surface area contributed by atoms with Gasteiger partial charge in [0.1, 0.15) is 12.4 Å². The first kappa shape index (κ1) is 20.6. The van der Waals surface area contributed by atoms with Crippen molar-refractivity contribution in [3.05, 3.63) is 88.4 Å². The molecule has 0 radical (unpaired) electrons. The van der Waals surface area contributed by atoms with Crippen LogP contribution in [0.5, 0.6) is 17.2 Å². The van der Waals surface area contributed by atoms with E-state index in [0.29, 0.717) is 28.4 Å². The minimum atomic E-state index is -0.801. The molecule has 8 heteroatoms. The van der Waals surface area contributed by atoms with E-state index in [1.807, 2.05) is 12.1 Å². The molecule has 1 aliphatic rings. The minimum Gasteiger partial charge on any atom is -0.485 e. The lowest BCUT2D eigenvalue weighted by Gasteiger charge is -2.24. The molecule has 0 saturated carbocycles. The second kappa shape index (κ2) is 9.44. The number of hydrogen-bond donors (Lipinski definition) is 1. The lowest BCUT2D eigenvalue weighted by Crippen LogP contribution is -2.42. The first-order chi connectivity index (χ1) is 15.1. The molecule has 31 heavy (non-hydrogen) atoms. The number of hydrazone groups is 1. The average molecular weight is 481 g/mol. The van der Waals surface area contributed by atoms with E-state index >= 15 is 0 Å². The van der Waals surface area contributed by atoms with Crippen molar-refractivity contribution in [2.45, 2.75) is 6.10 Å². The van der Waals surface area contributed by atoms with E-state index < -0.39 is 18.0 Å². The Morgan fingerprint density at radius 2 is 1.84 bits per heavy atom. The van der Waals surface area contributed by atoms with E-state index in [1.165, 1.54) is 6.21 Å². The van der Waals surface area contributed by atoms with Gasteiger partial charge in [0.2, 0.25) is 6.10 Å². The number of nitrogens with zero attached hydrogens (tertiary/aromatic N) is 1. The molecule has 3 aromatic rings. The summed E-state index contributed by atoms with van der Waals surface area (Å²) in [5.74, 6) is 0.574. The second-order valence-electron chi connectivity index (χ2n) is 6.57. The van der Waals surface area contributed by atoms with E-state index in [0.717, 1.165) is 4.47 Å². The van der Waals surface area contributed by atoms with Gasteiger partial charge >= 0.3 is 5.97 Å². The van der Waals surface area contributed by atoms with Gasteiger partial charge in [-0.15, -0.1) is 0 Å². The topological polar surface area (TPSA) is 86.2 Å². The van der Waals surface area contributed by atoms with Crippen LogP contribution in [0.4, 0.5) is 0 Å². The zero-order valence-corrected chi connectivity index (χ0v) is 17.7. The minimum absolute atomic E-state index is 0.0966. The third-order valence-corrected chi connectivity index (χ3v) is 4.81. The first-order valence-corrected chi connectivity index (χ1v) is 10.2. The third kappa shape index (κ3) is 5.29. The molecule has 0 spiro atoms. The van der Waals surface area contributed by atoms with E-state index in [2.05, 4.69) is 26.5 Å². The maximum Gasteiger partial charge on any atom is 0.343 e. The molecule has 1 atom stereocenters. The Balaban J connectivity index is 1.34. The monoisotopic (exact) mass is 480 g/mol. The lowest BCUT2D eigenvalue weighted by molar-refractivity contribution is -0.130. The number of amides is 1. The third-order valence-electron chi connectivity index (χ3n) is 4.32. The zero-order chi connectivity index (χ0) is 21.6. The largest absolute Gasteiger partial charge is 0.485 e. The van der Waals surface area contributed by atoms with Crippen LogP contribution in [0.1, 0.15) is 15.9 Å². The molecule has 0 aromatic heterocycles. The van der Waals surface area contributed by atoms with Crippen LogP contribution < -0.4 is 19.6 Å². The molecule has 0 aliphatic carbocycles. The number of benzene rings is 3. The Morgan fingerprint density at radius 3 is 2.68 bits per heavy atom. The van der Waals surface area contributed by atoms with Crippen molar-refractivity contribution in [3.63, 3.8) is 0 Å². The predicted octanol–water partition coefficient (Wildman–Crippen LogP) is 3.96. The quantitative estimate of drug-likeness (QED) is 0.258. The molecule has 1 N–H and O–H groups in total. The Kier molecular flexibility index (Phi) is 6.28. The maximum absolute atomic E-state index is 12.3. The van der Waals surface area contributed by atoms with Crippen molar-refractivity contribution in [2.24, 2.45) is 5.10 Å². The average Bonchev–Trinajstić information content (AvgIpc) is 2.79. The number of esters is 1. The highest BCUT2D eigenvalue weighted by atomic mass is 79.9. The summed E-state index contributed by atoms with van der Waals surface area (Å²) < 4.78 is 17.4. The number of rotatable bonds is 5. The zero-order valence-electron chi connectivity index (χ0n) is 16.2. The first-order valence-electron chi connectivity index (χ1n) is 9.38. The van der Waals surface area contributed by atoms with Crippen LogP contribution in [0, 0.1) is 0 Å². The highest BCUT2D eigenvalue weighted by Crippen LogP contribution is 2.30. The molecule has 1 amide bonds. The molecule has 3 aromatic carbocycles. The standard InChI is InChI=1S/C23H17BrN2O5/c24-17-7-4-6-16(12-17)23(28)30-18-8-3-5-15(11-18)13-25-26-22(27)21-14-29-19-9-1-2-10-20(19)31-21/h1-13,21H,14H2,(H,26,27)/b25-13-/t21-/m1/s1. The molecule has 4 rings (SSSR count). The van der Waals surface area contributed by atoms with Gasteiger partial charge in [-0.3, -0.25) is 4.79 Å². The summed E-state index contributed by atoms with van der Waals surface area (Å²) in [4.78, 5) is 24.6. The van der Waals surface area contributed by atoms with Crippen LogP contribution in [0.15, 0.2) is 82.4 Å². The van der Waals surface area contributed by atoms with E-state index in [9.17, 15) is 9.59 Å². The van der Waals surface area contributed by atoms with Gasteiger partial charge < -0.3 is 14.2 Å². The van der Waals surface area contributed by atoms with Crippen LogP contribution in [-0.2, 0) is 4.79 Å². The second-order valence-corrected chi connectivity index (χ2v) is 7.49. The van der Waals surface area contributed by atoms with Crippen molar-refractivity contribution in [2.75, 3.05) is 6.61 Å². The maximum atomic E-state index is 12.3. The number of halogens is 1. The molecule has 0 unspecified atom stereocenters. The summed E-state index contributed by atoms with van der Waals surface area (Å²) in [7, 11) is 0. The Hall–Kier alpha value is -3.65. The van der Waals surface area contributed by atoms with Crippen molar-refractivity contribution in [1.82, 2.24) is 5.43 Å². The predicted molar refractivity (Wildman–Crippen MR) is 118 cm³/mol. The molecule has 0 saturated heterocycles. The number of carbonyl (C=O) groups is 2. The highest BCUT2D eigenvalue weighted by molar-refractivity contribution is 9.10. The molecule has 1 heterocycles. The van der Waals surface area contributed by atoms with Crippen LogP contribution in [0.25, 0.3) is 0 Å². The normalized spacial score (nSPS) is 14.8. The summed E-state index contributed by atoms with van der Waals surface area (Å²) in [6, 6.07) is 20.9. The Morgan fingerprint density at radius 1 is 1.03 bits per heavy atom. The number of hydrogen-bond acceptors (Lipinski definition) is 6. The van der Waals surface area contributed by atoms with Gasteiger partial charge in [-0.1, -0.05) is 46.3 Å². The van der Waals surface area contributed by atoms with E-state index in [-0.39, 0.29) is 6.61 Å². The number of fused-ring (bicyclic) bond motifs is 1. The molecule has 7 nitrogen and oxygen atoms in total. The Bertz CT molecular complexity index is 1150. The lowest BCUT2D eigenvalue weighted by atomic mass is 10.2. The van der Waals surface area contributed by atoms with Gasteiger partial charge in [0.15, 0.2) is 11.5 Å². The fourth-order valence-corrected chi connectivity index (χ4v) is 3.23. The number of para-hydroxylation sites is 2. The number of ether oxygens (including phenoxy) is 3. The molecule has 156 valence electrons. The summed E-state index contributed by atoms with van der Waals surface area (Å²) in [5.41, 5.74) is 3.51. The van der Waals surface area contributed by atoms with Gasteiger partial charge in [0.05, 0.1) is 11.8 Å². The number of nitrogens with one attached hydrogen (secondary N) is 1. The number of carbonyl (C=O) groups excluding carboxylic acids is 2. The summed E-state index contributed by atoms with van der Waals surface area (Å²) >= 11 is 3.33. The molecule has 1 aliphatic heterocycles. The van der Waals surface area contributed by atoms with Crippen molar-refractivity contribution in [3.8, 4) is 17.2 Å². The van der Waals surface area contributed by atoms with Gasteiger partial charge in [-0.25, -0.2) is 10.2 Å². The van der Waals surface area contributed by atoms with Gasteiger partial charge in [0, 0.05) is 4.47 Å². The summed E-state index contributed by atoms with van der Waals surface area (Å²) in [6.45, 7) is 0.0966. The fraction of sp³-hybridized carbons (Fsp3) is 0.0870. The smallest absolute Gasteiger partial charge is 0.343 e. The Labute approximate surface area is 186 Å². The summed E-state index contributed by atoms with van der Waals surface area (Å²) in [5, 5.41) is 3.96. The van der Waals surface area contributed by atoms with Gasteiger partial charge in [0.25, 0.3) is 5.91 Å². The molecule has 0 bridgehead atoms. The SMILES string of the molecule is O=C(Oc1cccc(/C=N\NC(=O)[C@H]2COc3ccccc3O2)c1)c1cccc(Br)c1. The van der Waals surface area contributed by atoms with Crippen LogP contribution in [0.3, 0.4) is 0 Å². The van der Waals surface area contributed by atoms with E-state index in [1.54, 1.807) is 60.7 Å². The van der Waals surface area contributed by atoms with Crippen LogP contribution >= 0.6 is 15.9 Å². The van der Waals surface area contributed by atoms with Crippen LogP contribution in [-0.4, -0.2) is 30.8 Å². The fourth-order valence-electron chi connectivity index (χ4n) is 2.83. The highest BCUT2D eigenvalue weighted by Gasteiger charge is 2.26. The van der Waals surface area contributed by atoms with Crippen molar-refractivity contribution in [1.29, 1.82) is 0 Å². The molecular weight excluding hydrogens is 464 g/mol. The van der Waals surface area contributed by atoms with Crippen LogP contribution in [0.2, 0.25) is 0 Å².